The van der Waals surface area contributed by atoms with E-state index < -0.39 is 0 Å². The van der Waals surface area contributed by atoms with E-state index in [-0.39, 0.29) is 20.4 Å². The molecule has 0 amide bonds. The Kier molecular flexibility index (Phi) is 5.78. The fraction of sp³-hybridized carbons (Fsp3) is 0.250. The van der Waals surface area contributed by atoms with Gasteiger partial charge in [-0.3, -0.25) is 0 Å². The molecule has 0 saturated heterocycles. The van der Waals surface area contributed by atoms with Crippen LogP contribution in [0.5, 0.6) is 0 Å². The average molecular weight is 260 g/mol. The molecular weight excluding hydrogens is 247 g/mol. The first-order valence-electron chi connectivity index (χ1n) is 3.42. The van der Waals surface area contributed by atoms with E-state index >= 15 is 0 Å². The fourth-order valence-corrected chi connectivity index (χ4v) is 0.974. The first-order valence-corrected chi connectivity index (χ1v) is 3.93. The van der Waals surface area contributed by atoms with E-state index in [1.807, 2.05) is 18.2 Å². The van der Waals surface area contributed by atoms with Crippen molar-refractivity contribution in [3.8, 4) is 0 Å². The van der Waals surface area contributed by atoms with Crippen molar-refractivity contribution in [3.63, 3.8) is 0 Å². The van der Waals surface area contributed by atoms with Crippen LogP contribution in [0, 0.1) is 0 Å². The van der Waals surface area contributed by atoms with Gasteiger partial charge in [0, 0.05) is 32.7 Å². The smallest absolute Gasteiger partial charge is 0.0394 e. The van der Waals surface area contributed by atoms with Crippen molar-refractivity contribution in [1.29, 1.82) is 0 Å². The zero-order valence-electron chi connectivity index (χ0n) is 6.43. The summed E-state index contributed by atoms with van der Waals surface area (Å²) in [5.41, 5.74) is 1.25. The Balaban J connectivity index is 0.000001000. The molecule has 0 saturated carbocycles. The molecule has 0 heterocycles. The second kappa shape index (κ2) is 5.72. The van der Waals surface area contributed by atoms with Gasteiger partial charge < -0.3 is 4.67 Å². The third-order valence-corrected chi connectivity index (χ3v) is 2.09. The van der Waals surface area contributed by atoms with Crippen LogP contribution < -0.4 is 4.67 Å². The summed E-state index contributed by atoms with van der Waals surface area (Å²) in [5, 5.41) is 0. The van der Waals surface area contributed by atoms with Crippen LogP contribution in [0.4, 0.5) is 5.69 Å². The standard InChI is InChI=1S/C8H12NP.Pd/c1-2-9(10)8-6-4-3-5-7-8;/h3-7H,2,10H2,1H3;. The second-order valence-electron chi connectivity index (χ2n) is 2.12. The Bertz CT molecular complexity index is 191. The summed E-state index contributed by atoms with van der Waals surface area (Å²) in [6.07, 6.45) is 0. The Labute approximate surface area is 84.1 Å². The number of benzene rings is 1. The number of hydrogen-bond donors (Lipinski definition) is 0. The molecule has 1 atom stereocenters. The van der Waals surface area contributed by atoms with Crippen molar-refractivity contribution in [3.05, 3.63) is 30.3 Å². The molecule has 1 rings (SSSR count). The minimum Gasteiger partial charge on any atom is -0.356 e. The molecule has 0 aliphatic carbocycles. The summed E-state index contributed by atoms with van der Waals surface area (Å²) in [6.45, 7) is 3.15. The largest absolute Gasteiger partial charge is 0.356 e. The molecule has 0 aromatic heterocycles. The predicted molar refractivity (Wildman–Crippen MR) is 49.2 cm³/mol. The molecule has 0 bridgehead atoms. The third kappa shape index (κ3) is 3.34. The minimum absolute atomic E-state index is 0. The molecule has 11 heavy (non-hydrogen) atoms. The first-order chi connectivity index (χ1) is 4.84. The van der Waals surface area contributed by atoms with Gasteiger partial charge in [-0.15, -0.1) is 0 Å². The van der Waals surface area contributed by atoms with Gasteiger partial charge in [0.1, 0.15) is 0 Å². The number of nitrogens with zero attached hydrogens (tertiary/aromatic N) is 1. The van der Waals surface area contributed by atoms with E-state index in [9.17, 15) is 0 Å². The summed E-state index contributed by atoms with van der Waals surface area (Å²) in [7, 11) is 2.68. The normalized spacial score (nSPS) is 8.55. The Morgan fingerprint density at radius 3 is 2.27 bits per heavy atom. The second-order valence-corrected chi connectivity index (χ2v) is 2.74. The van der Waals surface area contributed by atoms with Crippen molar-refractivity contribution >= 4 is 15.1 Å². The van der Waals surface area contributed by atoms with E-state index in [1.54, 1.807) is 0 Å². The Morgan fingerprint density at radius 1 is 1.27 bits per heavy atom. The van der Waals surface area contributed by atoms with Gasteiger partial charge >= 0.3 is 0 Å². The van der Waals surface area contributed by atoms with Gasteiger partial charge in [0.15, 0.2) is 0 Å². The number of hydrogen-bond acceptors (Lipinski definition) is 1. The maximum Gasteiger partial charge on any atom is 0.0394 e. The topological polar surface area (TPSA) is 3.24 Å². The number of rotatable bonds is 2. The molecule has 64 valence electrons. The summed E-state index contributed by atoms with van der Waals surface area (Å²) in [4.78, 5) is 0. The Hall–Kier alpha value is 0.112. The summed E-state index contributed by atoms with van der Waals surface area (Å²) in [6, 6.07) is 10.3. The monoisotopic (exact) mass is 259 g/mol. The van der Waals surface area contributed by atoms with Gasteiger partial charge in [-0.2, -0.15) is 0 Å². The molecule has 1 nitrogen and oxygen atoms in total. The maximum absolute atomic E-state index is 2.68. The van der Waals surface area contributed by atoms with Gasteiger partial charge in [0.25, 0.3) is 0 Å². The van der Waals surface area contributed by atoms with E-state index in [0.717, 1.165) is 6.54 Å². The molecule has 3 heteroatoms. The van der Waals surface area contributed by atoms with Crippen LogP contribution in [-0.4, -0.2) is 6.54 Å². The van der Waals surface area contributed by atoms with Gasteiger partial charge in [-0.1, -0.05) is 18.2 Å². The van der Waals surface area contributed by atoms with Crippen LogP contribution in [0.3, 0.4) is 0 Å². The van der Waals surface area contributed by atoms with E-state index in [4.69, 9.17) is 0 Å². The zero-order chi connectivity index (χ0) is 7.40. The minimum atomic E-state index is 0. The van der Waals surface area contributed by atoms with Gasteiger partial charge in [0.2, 0.25) is 0 Å². The van der Waals surface area contributed by atoms with Crippen LogP contribution in [0.1, 0.15) is 6.92 Å². The van der Waals surface area contributed by atoms with Crippen molar-refractivity contribution in [2.75, 3.05) is 11.2 Å². The van der Waals surface area contributed by atoms with E-state index in [0.29, 0.717) is 0 Å². The molecule has 0 radical (unpaired) electrons. The summed E-state index contributed by atoms with van der Waals surface area (Å²) in [5.74, 6) is 0. The third-order valence-electron chi connectivity index (χ3n) is 1.43. The van der Waals surface area contributed by atoms with Gasteiger partial charge in [0.05, 0.1) is 0 Å². The van der Waals surface area contributed by atoms with Crippen molar-refractivity contribution < 1.29 is 20.4 Å². The predicted octanol–water partition coefficient (Wildman–Crippen LogP) is 2.30. The Morgan fingerprint density at radius 2 is 1.82 bits per heavy atom. The van der Waals surface area contributed by atoms with Crippen LogP contribution >= 0.6 is 9.39 Å². The number of anilines is 1. The fourth-order valence-electron chi connectivity index (χ4n) is 0.802. The average Bonchev–Trinajstić information content (AvgIpc) is 2.05. The van der Waals surface area contributed by atoms with Crippen LogP contribution in [0.25, 0.3) is 0 Å². The first kappa shape index (κ1) is 11.1. The molecule has 0 N–H and O–H groups in total. The van der Waals surface area contributed by atoms with E-state index in [2.05, 4.69) is 33.1 Å². The molecular formula is C8H12NPPd. The quantitative estimate of drug-likeness (QED) is 0.582. The van der Waals surface area contributed by atoms with Crippen molar-refractivity contribution in [2.24, 2.45) is 0 Å². The maximum atomic E-state index is 2.68. The molecule has 1 unspecified atom stereocenters. The van der Waals surface area contributed by atoms with Gasteiger partial charge in [-0.25, -0.2) is 0 Å². The van der Waals surface area contributed by atoms with E-state index in [1.165, 1.54) is 5.69 Å². The van der Waals surface area contributed by atoms with Crippen molar-refractivity contribution in [1.82, 2.24) is 0 Å². The molecule has 1 aromatic carbocycles. The molecule has 0 fully saturated rings. The van der Waals surface area contributed by atoms with Crippen LogP contribution in [-0.2, 0) is 20.4 Å². The van der Waals surface area contributed by atoms with Crippen LogP contribution in [0.15, 0.2) is 30.3 Å². The molecule has 1 aromatic rings. The SMILES string of the molecule is CCN(P)c1ccccc1.[Pd]. The zero-order valence-corrected chi connectivity index (χ0v) is 9.14. The number of para-hydroxylation sites is 1. The molecule has 0 aliphatic heterocycles. The van der Waals surface area contributed by atoms with Crippen molar-refractivity contribution in [2.45, 2.75) is 6.92 Å². The molecule has 0 aliphatic rings. The van der Waals surface area contributed by atoms with Crippen LogP contribution in [0.2, 0.25) is 0 Å². The molecule has 0 spiro atoms. The summed E-state index contributed by atoms with van der Waals surface area (Å²) >= 11 is 0. The van der Waals surface area contributed by atoms with Gasteiger partial charge in [-0.05, 0) is 28.4 Å². The summed E-state index contributed by atoms with van der Waals surface area (Å²) < 4.78 is 2.12.